The summed E-state index contributed by atoms with van der Waals surface area (Å²) in [5.74, 6) is 0.441. The first-order chi connectivity index (χ1) is 12.3. The number of hydrogen-bond acceptors (Lipinski definition) is 4. The maximum absolute atomic E-state index is 12.6. The van der Waals surface area contributed by atoms with Crippen LogP contribution in [0.1, 0.15) is 46.6 Å². The smallest absolute Gasteiger partial charge is 0.265 e. The van der Waals surface area contributed by atoms with Crippen molar-refractivity contribution in [2.24, 2.45) is 11.7 Å². The SMILES string of the molecule is Cc1cccc(O[C@@H](C)C(=O)Nc2sc3c(c2C(N)=O)CC[C@@H](C)C3)c1. The number of ether oxygens (including phenoxy) is 1. The monoisotopic (exact) mass is 372 g/mol. The molecule has 3 N–H and O–H groups in total. The molecule has 6 heteroatoms. The van der Waals surface area contributed by atoms with Crippen molar-refractivity contribution in [2.75, 3.05) is 5.32 Å². The Bertz CT molecular complexity index is 844. The second-order valence-corrected chi connectivity index (χ2v) is 8.09. The molecule has 1 aromatic carbocycles. The zero-order valence-electron chi connectivity index (χ0n) is 15.3. The summed E-state index contributed by atoms with van der Waals surface area (Å²) in [4.78, 5) is 25.7. The Morgan fingerprint density at radius 3 is 2.85 bits per heavy atom. The van der Waals surface area contributed by atoms with Gasteiger partial charge >= 0.3 is 0 Å². The number of primary amides is 1. The number of thiophene rings is 1. The van der Waals surface area contributed by atoms with E-state index in [0.29, 0.717) is 22.2 Å². The van der Waals surface area contributed by atoms with Gasteiger partial charge in [-0.15, -0.1) is 11.3 Å². The molecule has 0 radical (unpaired) electrons. The summed E-state index contributed by atoms with van der Waals surface area (Å²) in [6.45, 7) is 5.85. The van der Waals surface area contributed by atoms with E-state index in [1.807, 2.05) is 31.2 Å². The van der Waals surface area contributed by atoms with E-state index in [1.54, 1.807) is 6.92 Å². The van der Waals surface area contributed by atoms with E-state index in [0.717, 1.165) is 35.3 Å². The van der Waals surface area contributed by atoms with Crippen molar-refractivity contribution in [3.63, 3.8) is 0 Å². The lowest BCUT2D eigenvalue weighted by Gasteiger charge is -2.18. The average molecular weight is 372 g/mol. The Morgan fingerprint density at radius 1 is 1.38 bits per heavy atom. The van der Waals surface area contributed by atoms with Crippen molar-refractivity contribution in [2.45, 2.75) is 46.1 Å². The summed E-state index contributed by atoms with van der Waals surface area (Å²) < 4.78 is 5.73. The molecule has 2 atom stereocenters. The van der Waals surface area contributed by atoms with Crippen LogP contribution in [0.2, 0.25) is 0 Å². The molecular weight excluding hydrogens is 348 g/mol. The number of nitrogens with two attached hydrogens (primary N) is 1. The topological polar surface area (TPSA) is 81.4 Å². The predicted molar refractivity (Wildman–Crippen MR) is 104 cm³/mol. The molecule has 0 spiro atoms. The largest absolute Gasteiger partial charge is 0.481 e. The van der Waals surface area contributed by atoms with Gasteiger partial charge in [0.1, 0.15) is 10.8 Å². The Labute approximate surface area is 157 Å². The van der Waals surface area contributed by atoms with Crippen LogP contribution < -0.4 is 15.8 Å². The van der Waals surface area contributed by atoms with Gasteiger partial charge in [-0.25, -0.2) is 0 Å². The number of carbonyl (C=O) groups is 2. The first kappa shape index (κ1) is 18.5. The number of anilines is 1. The van der Waals surface area contributed by atoms with Crippen LogP contribution in [0.5, 0.6) is 5.75 Å². The Morgan fingerprint density at radius 2 is 2.15 bits per heavy atom. The molecule has 1 heterocycles. The van der Waals surface area contributed by atoms with E-state index >= 15 is 0 Å². The third kappa shape index (κ3) is 3.90. The lowest BCUT2D eigenvalue weighted by molar-refractivity contribution is -0.122. The molecule has 0 aliphatic heterocycles. The molecule has 26 heavy (non-hydrogen) atoms. The third-order valence-corrected chi connectivity index (χ3v) is 5.84. The third-order valence-electron chi connectivity index (χ3n) is 4.67. The average Bonchev–Trinajstić information content (AvgIpc) is 2.91. The minimum atomic E-state index is -0.685. The van der Waals surface area contributed by atoms with E-state index < -0.39 is 12.0 Å². The number of benzene rings is 1. The highest BCUT2D eigenvalue weighted by atomic mass is 32.1. The minimum Gasteiger partial charge on any atom is -0.481 e. The summed E-state index contributed by atoms with van der Waals surface area (Å²) in [5.41, 5.74) is 8.12. The fourth-order valence-electron chi connectivity index (χ4n) is 3.26. The highest BCUT2D eigenvalue weighted by Crippen LogP contribution is 2.39. The number of amides is 2. The summed E-state index contributed by atoms with van der Waals surface area (Å²) in [6.07, 6.45) is 2.10. The predicted octanol–water partition coefficient (Wildman–Crippen LogP) is 3.69. The quantitative estimate of drug-likeness (QED) is 0.840. The lowest BCUT2D eigenvalue weighted by atomic mass is 9.88. The molecule has 3 rings (SSSR count). The summed E-state index contributed by atoms with van der Waals surface area (Å²) >= 11 is 1.46. The van der Waals surface area contributed by atoms with Crippen LogP contribution in [-0.4, -0.2) is 17.9 Å². The minimum absolute atomic E-state index is 0.291. The van der Waals surface area contributed by atoms with E-state index in [-0.39, 0.29) is 5.91 Å². The maximum atomic E-state index is 12.6. The van der Waals surface area contributed by atoms with Gasteiger partial charge in [0.05, 0.1) is 5.56 Å². The zero-order chi connectivity index (χ0) is 18.8. The number of fused-ring (bicyclic) bond motifs is 1. The van der Waals surface area contributed by atoms with Gasteiger partial charge in [0, 0.05) is 4.88 Å². The van der Waals surface area contributed by atoms with Crippen molar-refractivity contribution in [3.8, 4) is 5.75 Å². The van der Waals surface area contributed by atoms with Crippen molar-refractivity contribution < 1.29 is 14.3 Å². The molecule has 2 amide bonds. The van der Waals surface area contributed by atoms with Gasteiger partial charge in [0.2, 0.25) is 0 Å². The molecule has 1 aliphatic rings. The zero-order valence-corrected chi connectivity index (χ0v) is 16.1. The number of aryl methyl sites for hydroxylation is 1. The lowest BCUT2D eigenvalue weighted by Crippen LogP contribution is -2.30. The number of nitrogens with one attached hydrogen (secondary N) is 1. The Kier molecular flexibility index (Phi) is 5.32. The summed E-state index contributed by atoms with van der Waals surface area (Å²) in [5, 5.41) is 3.40. The number of rotatable bonds is 5. The molecule has 1 aliphatic carbocycles. The fourth-order valence-corrected chi connectivity index (χ4v) is 4.68. The van der Waals surface area contributed by atoms with E-state index in [1.165, 1.54) is 11.3 Å². The Balaban J connectivity index is 1.77. The van der Waals surface area contributed by atoms with Crippen LogP contribution in [-0.2, 0) is 17.6 Å². The molecule has 1 aromatic heterocycles. The van der Waals surface area contributed by atoms with Crippen molar-refractivity contribution in [1.29, 1.82) is 0 Å². The molecule has 0 bridgehead atoms. The van der Waals surface area contributed by atoms with Gasteiger partial charge in [-0.1, -0.05) is 19.1 Å². The van der Waals surface area contributed by atoms with Gasteiger partial charge in [0.15, 0.2) is 6.10 Å². The molecular formula is C20H24N2O3S. The highest BCUT2D eigenvalue weighted by molar-refractivity contribution is 7.17. The van der Waals surface area contributed by atoms with Crippen LogP contribution in [0.25, 0.3) is 0 Å². The molecule has 0 fully saturated rings. The van der Waals surface area contributed by atoms with Crippen LogP contribution in [0.4, 0.5) is 5.00 Å². The van der Waals surface area contributed by atoms with Crippen molar-refractivity contribution >= 4 is 28.2 Å². The van der Waals surface area contributed by atoms with Gasteiger partial charge in [0.25, 0.3) is 11.8 Å². The van der Waals surface area contributed by atoms with Crippen LogP contribution in [0.15, 0.2) is 24.3 Å². The van der Waals surface area contributed by atoms with E-state index in [9.17, 15) is 9.59 Å². The van der Waals surface area contributed by atoms with Crippen LogP contribution in [0, 0.1) is 12.8 Å². The molecule has 0 unspecified atom stereocenters. The van der Waals surface area contributed by atoms with Gasteiger partial charge in [-0.3, -0.25) is 9.59 Å². The first-order valence-corrected chi connectivity index (χ1v) is 9.65. The second kappa shape index (κ2) is 7.50. The standard InChI is InChI=1S/C20H24N2O3S/c1-11-5-4-6-14(9-11)25-13(3)19(24)22-20-17(18(21)23)15-8-7-12(2)10-16(15)26-20/h4-6,9,12-13H,7-8,10H2,1-3H3,(H2,21,23)(H,22,24)/t12-,13+/m1/s1. The van der Waals surface area contributed by atoms with Crippen molar-refractivity contribution in [1.82, 2.24) is 0 Å². The van der Waals surface area contributed by atoms with Gasteiger partial charge in [-0.05, 0) is 62.3 Å². The number of carbonyl (C=O) groups excluding carboxylic acids is 2. The molecule has 5 nitrogen and oxygen atoms in total. The highest BCUT2D eigenvalue weighted by Gasteiger charge is 2.28. The Hall–Kier alpha value is -2.34. The second-order valence-electron chi connectivity index (χ2n) is 6.99. The molecule has 0 saturated carbocycles. The molecule has 138 valence electrons. The summed E-state index contributed by atoms with van der Waals surface area (Å²) in [6, 6.07) is 7.55. The van der Waals surface area contributed by atoms with Crippen LogP contribution >= 0.6 is 11.3 Å². The van der Waals surface area contributed by atoms with Gasteiger partial charge < -0.3 is 15.8 Å². The summed E-state index contributed by atoms with van der Waals surface area (Å²) in [7, 11) is 0. The maximum Gasteiger partial charge on any atom is 0.265 e. The van der Waals surface area contributed by atoms with Crippen LogP contribution in [0.3, 0.4) is 0 Å². The normalized spacial score (nSPS) is 17.3. The van der Waals surface area contributed by atoms with E-state index in [4.69, 9.17) is 10.5 Å². The van der Waals surface area contributed by atoms with Gasteiger partial charge in [-0.2, -0.15) is 0 Å². The van der Waals surface area contributed by atoms with Crippen molar-refractivity contribution in [3.05, 3.63) is 45.8 Å². The fraction of sp³-hybridized carbons (Fsp3) is 0.400. The van der Waals surface area contributed by atoms with E-state index in [2.05, 4.69) is 12.2 Å². The molecule has 0 saturated heterocycles. The first-order valence-electron chi connectivity index (χ1n) is 8.83. The number of hydrogen-bond donors (Lipinski definition) is 2. The molecule has 2 aromatic rings.